The third-order valence-electron chi connectivity index (χ3n) is 6.73. The van der Waals surface area contributed by atoms with E-state index in [9.17, 15) is 4.79 Å². The summed E-state index contributed by atoms with van der Waals surface area (Å²) < 4.78 is 1.95. The van der Waals surface area contributed by atoms with Crippen molar-refractivity contribution in [2.45, 2.75) is 63.6 Å². The molecule has 5 rings (SSSR count). The second kappa shape index (κ2) is 10.6. The van der Waals surface area contributed by atoms with Gasteiger partial charge in [-0.3, -0.25) is 4.79 Å². The molecule has 1 amide bonds. The van der Waals surface area contributed by atoms with Gasteiger partial charge in [-0.1, -0.05) is 43.5 Å². The van der Waals surface area contributed by atoms with Gasteiger partial charge in [0.2, 0.25) is 11.9 Å². The molecule has 0 spiro atoms. The lowest BCUT2D eigenvalue weighted by Gasteiger charge is -2.30. The predicted octanol–water partition coefficient (Wildman–Crippen LogP) is 5.07. The van der Waals surface area contributed by atoms with Gasteiger partial charge in [0.05, 0.1) is 6.57 Å². The van der Waals surface area contributed by atoms with E-state index in [0.29, 0.717) is 30.0 Å². The smallest absolute Gasteiger partial charge is 0.243 e. The Kier molecular flexibility index (Phi) is 6.94. The largest absolute Gasteiger partial charge is 0.358 e. The van der Waals surface area contributed by atoms with Gasteiger partial charge in [0, 0.05) is 31.0 Å². The van der Waals surface area contributed by atoms with Crippen molar-refractivity contribution in [3.63, 3.8) is 0 Å². The molecule has 2 aliphatic rings. The van der Waals surface area contributed by atoms with Gasteiger partial charge in [-0.05, 0) is 49.3 Å². The minimum Gasteiger partial charge on any atom is -0.358 e. The highest BCUT2D eigenvalue weighted by Crippen LogP contribution is 2.29. The molecule has 2 saturated carbocycles. The Labute approximate surface area is 206 Å². The molecule has 2 aromatic heterocycles. The third-order valence-corrected chi connectivity index (χ3v) is 6.73. The first-order chi connectivity index (χ1) is 17.2. The van der Waals surface area contributed by atoms with Gasteiger partial charge >= 0.3 is 0 Å². The van der Waals surface area contributed by atoms with E-state index >= 15 is 0 Å². The minimum atomic E-state index is -0.376. The minimum absolute atomic E-state index is 0.0241. The van der Waals surface area contributed by atoms with Crippen LogP contribution in [0.15, 0.2) is 54.9 Å². The maximum absolute atomic E-state index is 13.4. The molecular weight excluding hydrogens is 438 g/mol. The number of carbonyl (C=O) groups excluding carboxylic acids is 1. The summed E-state index contributed by atoms with van der Waals surface area (Å²) in [4.78, 5) is 26.3. The van der Waals surface area contributed by atoms with E-state index in [0.717, 1.165) is 49.9 Å². The van der Waals surface area contributed by atoms with E-state index in [1.54, 1.807) is 12.1 Å². The van der Waals surface area contributed by atoms with Gasteiger partial charge in [0.15, 0.2) is 5.69 Å². The van der Waals surface area contributed by atoms with Crippen LogP contribution in [0.25, 0.3) is 10.7 Å². The summed E-state index contributed by atoms with van der Waals surface area (Å²) in [6.45, 7) is 7.53. The van der Waals surface area contributed by atoms with Crippen LogP contribution in [0.4, 0.5) is 17.5 Å². The van der Waals surface area contributed by atoms with E-state index in [-0.39, 0.29) is 17.9 Å². The maximum atomic E-state index is 13.4. The molecule has 2 heterocycles. The van der Waals surface area contributed by atoms with Crippen molar-refractivity contribution >= 4 is 23.4 Å². The first-order valence-corrected chi connectivity index (χ1v) is 12.5. The van der Waals surface area contributed by atoms with Gasteiger partial charge in [0.25, 0.3) is 0 Å². The van der Waals surface area contributed by atoms with Crippen LogP contribution in [0.5, 0.6) is 0 Å². The first-order valence-electron chi connectivity index (χ1n) is 12.5. The van der Waals surface area contributed by atoms with Crippen molar-refractivity contribution in [2.24, 2.45) is 5.92 Å². The highest BCUT2D eigenvalue weighted by atomic mass is 16.2. The lowest BCUT2D eigenvalue weighted by Crippen LogP contribution is -2.45. The third kappa shape index (κ3) is 5.99. The van der Waals surface area contributed by atoms with E-state index in [1.165, 1.54) is 6.42 Å². The van der Waals surface area contributed by atoms with E-state index < -0.39 is 0 Å². The van der Waals surface area contributed by atoms with Crippen molar-refractivity contribution in [2.75, 3.05) is 10.6 Å². The number of hydrogen-bond donors (Lipinski definition) is 3. The average Bonchev–Trinajstić information content (AvgIpc) is 3.53. The zero-order valence-electron chi connectivity index (χ0n) is 19.8. The van der Waals surface area contributed by atoms with E-state index in [4.69, 9.17) is 11.6 Å². The first kappa shape index (κ1) is 22.9. The highest BCUT2D eigenvalue weighted by Gasteiger charge is 2.30. The zero-order valence-corrected chi connectivity index (χ0v) is 19.8. The Morgan fingerprint density at radius 2 is 1.80 bits per heavy atom. The van der Waals surface area contributed by atoms with Crippen molar-refractivity contribution < 1.29 is 4.79 Å². The van der Waals surface area contributed by atoms with Gasteiger partial charge in [-0.2, -0.15) is 9.97 Å². The molecule has 2 fully saturated rings. The van der Waals surface area contributed by atoms with Crippen LogP contribution in [0.3, 0.4) is 0 Å². The zero-order chi connectivity index (χ0) is 24.0. The van der Waals surface area contributed by atoms with Crippen molar-refractivity contribution in [3.05, 3.63) is 71.8 Å². The molecule has 8 heteroatoms. The molecule has 0 bridgehead atoms. The second-order valence-electron chi connectivity index (χ2n) is 9.46. The van der Waals surface area contributed by atoms with Gasteiger partial charge in [0.1, 0.15) is 17.7 Å². The van der Waals surface area contributed by atoms with Crippen molar-refractivity contribution in [1.29, 1.82) is 0 Å². The molecule has 3 aromatic rings. The van der Waals surface area contributed by atoms with Crippen LogP contribution in [0.1, 0.15) is 50.5 Å². The Hall–Kier alpha value is -3.86. The fraction of sp³-hybridized carbons (Fsp3) is 0.407. The number of nitrogens with zero attached hydrogens (tertiary/aromatic N) is 4. The number of hydrogen-bond acceptors (Lipinski definition) is 5. The monoisotopic (exact) mass is 469 g/mol. The van der Waals surface area contributed by atoms with Crippen LogP contribution < -0.4 is 16.0 Å². The Balaban J connectivity index is 1.36. The Morgan fingerprint density at radius 1 is 1.06 bits per heavy atom. The topological polar surface area (TPSA) is 88.2 Å². The predicted molar refractivity (Wildman–Crippen MR) is 137 cm³/mol. The number of nitrogens with one attached hydrogen (secondary N) is 3. The second-order valence-corrected chi connectivity index (χ2v) is 9.46. The molecule has 35 heavy (non-hydrogen) atoms. The molecule has 1 aromatic carbocycles. The van der Waals surface area contributed by atoms with Crippen LogP contribution in [-0.4, -0.2) is 32.5 Å². The Bertz CT molecular complexity index is 1170. The Morgan fingerprint density at radius 3 is 2.49 bits per heavy atom. The summed E-state index contributed by atoms with van der Waals surface area (Å²) in [5.41, 5.74) is 1.57. The fourth-order valence-corrected chi connectivity index (χ4v) is 4.61. The van der Waals surface area contributed by atoms with Crippen molar-refractivity contribution in [1.82, 2.24) is 19.9 Å². The summed E-state index contributed by atoms with van der Waals surface area (Å²) >= 11 is 0. The summed E-state index contributed by atoms with van der Waals surface area (Å²) in [7, 11) is 0. The normalized spacial score (nSPS) is 16.8. The lowest BCUT2D eigenvalue weighted by molar-refractivity contribution is -0.123. The molecule has 180 valence electrons. The molecule has 0 aliphatic heterocycles. The summed E-state index contributed by atoms with van der Waals surface area (Å²) in [6.07, 6.45) is 11.7. The summed E-state index contributed by atoms with van der Waals surface area (Å²) in [6, 6.07) is 13.2. The maximum Gasteiger partial charge on any atom is 0.243 e. The molecule has 0 saturated heterocycles. The quantitative estimate of drug-likeness (QED) is 0.381. The standard InChI is InChI=1S/C27H31N7O/c1-28-21-11-9-19(10-12-21)18-29-26(35)25(20-7-3-2-4-8-20)31-23-17-24(34-15-5-6-16-34)33-27(32-23)30-22-13-14-22/h5-6,9-12,15-17,20,22,25H,2-4,7-8,13-14,18H2,(H,29,35)(H2,30,31,32,33). The molecule has 1 atom stereocenters. The van der Waals surface area contributed by atoms with Gasteiger partial charge < -0.3 is 20.5 Å². The van der Waals surface area contributed by atoms with Crippen LogP contribution >= 0.6 is 0 Å². The van der Waals surface area contributed by atoms with Crippen LogP contribution in [0, 0.1) is 12.5 Å². The fourth-order valence-electron chi connectivity index (χ4n) is 4.61. The number of anilines is 2. The molecule has 0 radical (unpaired) electrons. The van der Waals surface area contributed by atoms with Crippen LogP contribution in [0.2, 0.25) is 0 Å². The number of aromatic nitrogens is 3. The molecule has 2 aliphatic carbocycles. The molecule has 1 unspecified atom stereocenters. The van der Waals surface area contributed by atoms with Gasteiger partial charge in [-0.15, -0.1) is 0 Å². The number of benzene rings is 1. The van der Waals surface area contributed by atoms with Crippen molar-refractivity contribution in [3.8, 4) is 5.82 Å². The van der Waals surface area contributed by atoms with Crippen LogP contribution in [-0.2, 0) is 11.3 Å². The number of rotatable bonds is 9. The summed E-state index contributed by atoms with van der Waals surface area (Å²) in [5, 5.41) is 9.99. The van der Waals surface area contributed by atoms with E-state index in [1.807, 2.05) is 47.3 Å². The number of amides is 1. The number of carbonyl (C=O) groups is 1. The summed E-state index contributed by atoms with van der Waals surface area (Å²) in [5.74, 6) is 2.23. The lowest BCUT2D eigenvalue weighted by atomic mass is 9.83. The highest BCUT2D eigenvalue weighted by molar-refractivity contribution is 5.85. The van der Waals surface area contributed by atoms with Gasteiger partial charge in [-0.25, -0.2) is 4.85 Å². The SMILES string of the molecule is [C-]#[N+]c1ccc(CNC(=O)C(Nc2cc(-n3cccc3)nc(NC3CC3)n2)C2CCCCC2)cc1. The average molecular weight is 470 g/mol. The van der Waals surface area contributed by atoms with E-state index in [2.05, 4.69) is 25.8 Å². The molecule has 3 N–H and O–H groups in total. The molecule has 8 nitrogen and oxygen atoms in total. The molecular formula is C27H31N7O.